The van der Waals surface area contributed by atoms with Crippen LogP contribution in [-0.4, -0.2) is 61.1 Å². The molecule has 28 heavy (non-hydrogen) atoms. The number of fused-ring (bicyclic) bond motifs is 1. The van der Waals surface area contributed by atoms with Gasteiger partial charge in [0.15, 0.2) is 11.5 Å². The highest BCUT2D eigenvalue weighted by Crippen LogP contribution is 2.33. The third-order valence-electron chi connectivity index (χ3n) is 5.19. The van der Waals surface area contributed by atoms with E-state index in [1.807, 2.05) is 0 Å². The van der Waals surface area contributed by atoms with Crippen molar-refractivity contribution in [2.24, 2.45) is 5.92 Å². The number of nitrogens with zero attached hydrogens (tertiary/aromatic N) is 2. The fourth-order valence-electron chi connectivity index (χ4n) is 3.94. The Morgan fingerprint density at radius 2 is 2.18 bits per heavy atom. The molecule has 0 unspecified atom stereocenters. The van der Waals surface area contributed by atoms with Crippen molar-refractivity contribution in [3.05, 3.63) is 23.8 Å². The Morgan fingerprint density at radius 3 is 2.89 bits per heavy atom. The topological polar surface area (TPSA) is 71.1 Å². The van der Waals surface area contributed by atoms with Crippen molar-refractivity contribution in [2.75, 3.05) is 26.7 Å². The second-order valence-electron chi connectivity index (χ2n) is 6.94. The van der Waals surface area contributed by atoms with E-state index in [0.717, 1.165) is 12.8 Å². The standard InChI is InChI=1S/C19H25F2N3O4/c1-3-27-15-8-4-6-12(16(15)28-18(20)21)10-22-19(26)24-9-5-7-13-14(24)11-23(2)17(13)25/h4,6,8,13-14,18H,3,5,7,9-11H2,1-2H3,(H,22,26)/t13-,14-/m1/s1. The largest absolute Gasteiger partial charge is 0.490 e. The molecule has 1 N–H and O–H groups in total. The Kier molecular flexibility index (Phi) is 6.21. The number of rotatable bonds is 6. The first-order chi connectivity index (χ1) is 13.4. The summed E-state index contributed by atoms with van der Waals surface area (Å²) in [5.74, 6) is 0.0330. The number of alkyl halides is 2. The van der Waals surface area contributed by atoms with Crippen molar-refractivity contribution in [1.82, 2.24) is 15.1 Å². The SMILES string of the molecule is CCOc1cccc(CNC(=O)N2CCC[C@H]3C(=O)N(C)C[C@H]32)c1OC(F)F. The molecule has 2 saturated heterocycles. The third-order valence-corrected chi connectivity index (χ3v) is 5.19. The van der Waals surface area contributed by atoms with Crippen LogP contribution in [0.2, 0.25) is 0 Å². The molecule has 9 heteroatoms. The van der Waals surface area contributed by atoms with Crippen molar-refractivity contribution in [1.29, 1.82) is 0 Å². The number of para-hydroxylation sites is 1. The predicted octanol–water partition coefficient (Wildman–Crippen LogP) is 2.45. The number of carbonyl (C=O) groups excluding carboxylic acids is 2. The minimum Gasteiger partial charge on any atom is -0.490 e. The Labute approximate surface area is 162 Å². The van der Waals surface area contributed by atoms with Gasteiger partial charge in [0, 0.05) is 32.2 Å². The van der Waals surface area contributed by atoms with Gasteiger partial charge in [-0.15, -0.1) is 0 Å². The Hall–Kier alpha value is -2.58. The Balaban J connectivity index is 1.70. The molecular weight excluding hydrogens is 372 g/mol. The number of ether oxygens (including phenoxy) is 2. The number of hydrogen-bond donors (Lipinski definition) is 1. The summed E-state index contributed by atoms with van der Waals surface area (Å²) in [6.07, 6.45) is 1.54. The van der Waals surface area contributed by atoms with Crippen LogP contribution in [0.5, 0.6) is 11.5 Å². The summed E-state index contributed by atoms with van der Waals surface area (Å²) in [5.41, 5.74) is 0.396. The van der Waals surface area contributed by atoms with Gasteiger partial charge in [0.1, 0.15) is 0 Å². The van der Waals surface area contributed by atoms with Crippen LogP contribution in [0.4, 0.5) is 13.6 Å². The molecule has 0 bridgehead atoms. The van der Waals surface area contributed by atoms with E-state index in [0.29, 0.717) is 25.3 Å². The van der Waals surface area contributed by atoms with Crippen molar-refractivity contribution < 1.29 is 27.8 Å². The normalized spacial score (nSPS) is 21.7. The zero-order valence-electron chi connectivity index (χ0n) is 16.0. The second kappa shape index (κ2) is 8.62. The molecule has 0 spiro atoms. The second-order valence-corrected chi connectivity index (χ2v) is 6.94. The molecule has 2 heterocycles. The van der Waals surface area contributed by atoms with Gasteiger partial charge in [-0.1, -0.05) is 12.1 Å². The van der Waals surface area contributed by atoms with Gasteiger partial charge in [0.2, 0.25) is 5.91 Å². The van der Waals surface area contributed by atoms with Gasteiger partial charge >= 0.3 is 12.6 Å². The highest BCUT2D eigenvalue weighted by atomic mass is 19.3. The number of carbonyl (C=O) groups is 2. The number of piperidine rings is 1. The molecule has 1 aromatic rings. The predicted molar refractivity (Wildman–Crippen MR) is 97.3 cm³/mol. The lowest BCUT2D eigenvalue weighted by atomic mass is 9.92. The third kappa shape index (κ3) is 4.13. The van der Waals surface area contributed by atoms with E-state index in [2.05, 4.69) is 10.1 Å². The number of hydrogen-bond acceptors (Lipinski definition) is 4. The molecule has 7 nitrogen and oxygen atoms in total. The number of likely N-dealkylation sites (N-methyl/N-ethyl adjacent to an activating group) is 1. The van der Waals surface area contributed by atoms with Gasteiger partial charge in [0.05, 0.1) is 18.6 Å². The summed E-state index contributed by atoms with van der Waals surface area (Å²) in [7, 11) is 1.74. The van der Waals surface area contributed by atoms with Gasteiger partial charge in [-0.05, 0) is 25.8 Å². The molecule has 2 aliphatic heterocycles. The maximum atomic E-state index is 12.8. The van der Waals surface area contributed by atoms with Crippen LogP contribution < -0.4 is 14.8 Å². The first-order valence-electron chi connectivity index (χ1n) is 9.41. The van der Waals surface area contributed by atoms with E-state index < -0.39 is 6.61 Å². The summed E-state index contributed by atoms with van der Waals surface area (Å²) in [6.45, 7) is 0.129. The maximum Gasteiger partial charge on any atom is 0.387 e. The van der Waals surface area contributed by atoms with Crippen molar-refractivity contribution in [2.45, 2.75) is 39.0 Å². The van der Waals surface area contributed by atoms with Gasteiger partial charge in [-0.3, -0.25) is 4.79 Å². The zero-order valence-corrected chi connectivity index (χ0v) is 16.0. The number of urea groups is 1. The smallest absolute Gasteiger partial charge is 0.387 e. The van der Waals surface area contributed by atoms with Crippen LogP contribution in [0, 0.1) is 5.92 Å². The fourth-order valence-corrected chi connectivity index (χ4v) is 3.94. The lowest BCUT2D eigenvalue weighted by Gasteiger charge is -2.35. The number of likely N-dealkylation sites (tertiary alicyclic amines) is 2. The van der Waals surface area contributed by atoms with Crippen LogP contribution in [0.1, 0.15) is 25.3 Å². The summed E-state index contributed by atoms with van der Waals surface area (Å²) in [6, 6.07) is 4.33. The molecule has 2 atom stereocenters. The highest BCUT2D eigenvalue weighted by Gasteiger charge is 2.45. The summed E-state index contributed by atoms with van der Waals surface area (Å²) in [5, 5.41) is 2.77. The van der Waals surface area contributed by atoms with Crippen molar-refractivity contribution >= 4 is 11.9 Å². The molecule has 3 rings (SSSR count). The van der Waals surface area contributed by atoms with Crippen LogP contribution in [0.25, 0.3) is 0 Å². The monoisotopic (exact) mass is 397 g/mol. The number of halogens is 2. The van der Waals surface area contributed by atoms with Crippen LogP contribution >= 0.6 is 0 Å². The van der Waals surface area contributed by atoms with E-state index >= 15 is 0 Å². The Bertz CT molecular complexity index is 731. The molecule has 3 amide bonds. The first-order valence-corrected chi connectivity index (χ1v) is 9.41. The van der Waals surface area contributed by atoms with E-state index in [1.54, 1.807) is 42.0 Å². The average molecular weight is 397 g/mol. The number of amides is 3. The van der Waals surface area contributed by atoms with E-state index in [9.17, 15) is 18.4 Å². The van der Waals surface area contributed by atoms with Crippen molar-refractivity contribution in [3.63, 3.8) is 0 Å². The van der Waals surface area contributed by atoms with Crippen LogP contribution in [0.15, 0.2) is 18.2 Å². The van der Waals surface area contributed by atoms with E-state index in [1.165, 1.54) is 0 Å². The quantitative estimate of drug-likeness (QED) is 0.801. The molecular formula is C19H25F2N3O4. The summed E-state index contributed by atoms with van der Waals surface area (Å²) < 4.78 is 35.6. The van der Waals surface area contributed by atoms with Gasteiger partial charge in [-0.2, -0.15) is 8.78 Å². The average Bonchev–Trinajstić information content (AvgIpc) is 2.96. The number of nitrogens with one attached hydrogen (secondary N) is 1. The molecule has 0 aromatic heterocycles. The van der Waals surface area contributed by atoms with Crippen LogP contribution in [-0.2, 0) is 11.3 Å². The molecule has 1 aromatic carbocycles. The molecule has 2 fully saturated rings. The van der Waals surface area contributed by atoms with Gasteiger partial charge in [-0.25, -0.2) is 4.79 Å². The Morgan fingerprint density at radius 1 is 1.39 bits per heavy atom. The van der Waals surface area contributed by atoms with E-state index in [4.69, 9.17) is 4.74 Å². The van der Waals surface area contributed by atoms with Gasteiger partial charge in [0.25, 0.3) is 0 Å². The van der Waals surface area contributed by atoms with Crippen LogP contribution in [0.3, 0.4) is 0 Å². The lowest BCUT2D eigenvalue weighted by Crippen LogP contribution is -2.52. The minimum absolute atomic E-state index is 0.0134. The first kappa shape index (κ1) is 20.2. The molecule has 154 valence electrons. The van der Waals surface area contributed by atoms with Gasteiger partial charge < -0.3 is 24.6 Å². The van der Waals surface area contributed by atoms with Crippen molar-refractivity contribution in [3.8, 4) is 11.5 Å². The van der Waals surface area contributed by atoms with E-state index in [-0.39, 0.29) is 41.9 Å². The lowest BCUT2D eigenvalue weighted by molar-refractivity contribution is -0.130. The molecule has 2 aliphatic rings. The number of benzene rings is 1. The molecule has 0 aliphatic carbocycles. The molecule has 0 saturated carbocycles. The maximum absolute atomic E-state index is 12.8. The summed E-state index contributed by atoms with van der Waals surface area (Å²) in [4.78, 5) is 28.3. The highest BCUT2D eigenvalue weighted by molar-refractivity contribution is 5.84. The minimum atomic E-state index is -3.00. The summed E-state index contributed by atoms with van der Waals surface area (Å²) >= 11 is 0. The zero-order chi connectivity index (χ0) is 20.3. The fraction of sp³-hybridized carbons (Fsp3) is 0.579. The molecule has 0 radical (unpaired) electrons.